The summed E-state index contributed by atoms with van der Waals surface area (Å²) in [5.41, 5.74) is 1.08. The third-order valence-corrected chi connectivity index (χ3v) is 6.29. The Morgan fingerprint density at radius 1 is 1.00 bits per heavy atom. The summed E-state index contributed by atoms with van der Waals surface area (Å²) in [4.78, 5) is 42.5. The van der Waals surface area contributed by atoms with Crippen molar-refractivity contribution in [3.63, 3.8) is 0 Å². The number of carbonyl (C=O) groups is 3. The van der Waals surface area contributed by atoms with Crippen molar-refractivity contribution in [3.8, 4) is 18.1 Å². The molecular formula is C32H43N3O5. The third kappa shape index (κ3) is 9.33. The van der Waals surface area contributed by atoms with E-state index in [9.17, 15) is 14.4 Å². The zero-order valence-corrected chi connectivity index (χ0v) is 24.9. The normalized spacial score (nSPS) is 13.4. The van der Waals surface area contributed by atoms with Crippen molar-refractivity contribution >= 4 is 23.6 Å². The number of benzene rings is 2. The van der Waals surface area contributed by atoms with Crippen LogP contribution < -0.4 is 15.4 Å². The average molecular weight is 550 g/mol. The molecule has 2 N–H and O–H groups in total. The summed E-state index contributed by atoms with van der Waals surface area (Å²) in [5, 5.41) is 5.71. The fourth-order valence-corrected chi connectivity index (χ4v) is 4.20. The summed E-state index contributed by atoms with van der Waals surface area (Å²) >= 11 is 0. The summed E-state index contributed by atoms with van der Waals surface area (Å²) in [5.74, 6) is 2.56. The Hall–Kier alpha value is -3.99. The van der Waals surface area contributed by atoms with E-state index >= 15 is 0 Å². The Morgan fingerprint density at radius 2 is 1.60 bits per heavy atom. The van der Waals surface area contributed by atoms with Crippen molar-refractivity contribution in [2.24, 2.45) is 5.92 Å². The van der Waals surface area contributed by atoms with Gasteiger partial charge in [-0.15, -0.1) is 6.42 Å². The molecular weight excluding hydrogens is 506 g/mol. The molecule has 0 saturated carbocycles. The third-order valence-electron chi connectivity index (χ3n) is 6.29. The monoisotopic (exact) mass is 549 g/mol. The minimum Gasteiger partial charge on any atom is -0.497 e. The zero-order chi connectivity index (χ0) is 30.0. The molecule has 8 heteroatoms. The quantitative estimate of drug-likeness (QED) is 0.339. The summed E-state index contributed by atoms with van der Waals surface area (Å²) in [6.07, 6.45) is 5.83. The zero-order valence-electron chi connectivity index (χ0n) is 24.9. The Balaban J connectivity index is 2.57. The van der Waals surface area contributed by atoms with E-state index in [4.69, 9.17) is 15.9 Å². The number of anilines is 1. The van der Waals surface area contributed by atoms with Crippen LogP contribution in [-0.4, -0.2) is 47.6 Å². The molecule has 0 heterocycles. The van der Waals surface area contributed by atoms with Gasteiger partial charge in [0.25, 0.3) is 5.91 Å². The van der Waals surface area contributed by atoms with Crippen LogP contribution in [-0.2, 0) is 14.3 Å². The molecule has 40 heavy (non-hydrogen) atoms. The van der Waals surface area contributed by atoms with Crippen molar-refractivity contribution in [1.29, 1.82) is 0 Å². The van der Waals surface area contributed by atoms with E-state index < -0.39 is 29.7 Å². The lowest BCUT2D eigenvalue weighted by atomic mass is 9.96. The largest absolute Gasteiger partial charge is 0.497 e. The van der Waals surface area contributed by atoms with Crippen molar-refractivity contribution in [1.82, 2.24) is 10.2 Å². The molecule has 0 saturated heterocycles. The second-order valence-electron chi connectivity index (χ2n) is 11.2. The summed E-state index contributed by atoms with van der Waals surface area (Å²) in [7, 11) is 1.57. The van der Waals surface area contributed by atoms with Crippen LogP contribution in [0.4, 0.5) is 10.5 Å². The predicted molar refractivity (Wildman–Crippen MR) is 158 cm³/mol. The first-order chi connectivity index (χ1) is 18.8. The van der Waals surface area contributed by atoms with E-state index in [1.54, 1.807) is 81.3 Å². The molecule has 2 aromatic carbocycles. The lowest BCUT2D eigenvalue weighted by molar-refractivity contribution is -0.143. The maximum Gasteiger partial charge on any atom is 0.408 e. The van der Waals surface area contributed by atoms with Gasteiger partial charge in [0.1, 0.15) is 23.4 Å². The van der Waals surface area contributed by atoms with E-state index in [1.165, 1.54) is 0 Å². The van der Waals surface area contributed by atoms with Crippen molar-refractivity contribution < 1.29 is 23.9 Å². The number of nitrogens with zero attached hydrogens (tertiary/aromatic N) is 1. The summed E-state index contributed by atoms with van der Waals surface area (Å²) in [6.45, 7) is 13.1. The predicted octanol–water partition coefficient (Wildman–Crippen LogP) is 5.92. The number of nitrogens with one attached hydrogen (secondary N) is 2. The Morgan fingerprint density at radius 3 is 2.08 bits per heavy atom. The second-order valence-corrected chi connectivity index (χ2v) is 11.2. The van der Waals surface area contributed by atoms with Gasteiger partial charge in [-0.3, -0.25) is 9.59 Å². The van der Waals surface area contributed by atoms with Crippen LogP contribution in [0, 0.1) is 18.3 Å². The first-order valence-electron chi connectivity index (χ1n) is 13.6. The number of alkyl carbamates (subject to hydrolysis) is 1. The lowest BCUT2D eigenvalue weighted by Gasteiger charge is -2.38. The molecule has 0 radical (unpaired) electrons. The van der Waals surface area contributed by atoms with Crippen LogP contribution in [0.15, 0.2) is 48.5 Å². The summed E-state index contributed by atoms with van der Waals surface area (Å²) in [6, 6.07) is 11.7. The molecule has 0 aliphatic carbocycles. The van der Waals surface area contributed by atoms with Crippen molar-refractivity contribution in [3.05, 3.63) is 59.7 Å². The first kappa shape index (κ1) is 32.2. The van der Waals surface area contributed by atoms with E-state index in [-0.39, 0.29) is 17.9 Å². The molecule has 0 fully saturated rings. The van der Waals surface area contributed by atoms with Crippen LogP contribution in [0.3, 0.4) is 0 Å². The second kappa shape index (κ2) is 14.4. The highest BCUT2D eigenvalue weighted by molar-refractivity contribution is 5.99. The first-order valence-corrected chi connectivity index (χ1v) is 13.6. The molecule has 0 bridgehead atoms. The van der Waals surface area contributed by atoms with Gasteiger partial charge in [0.15, 0.2) is 0 Å². The standard InChI is InChI=1S/C32H43N3O5/c1-10-22(5)35(30(37)27(20-21(3)4)34-31(38)40-32(6,7)8)28(24-14-12-23(11-2)13-15-24)29(36)33-25-16-18-26(39-9)19-17-25/h2,12-19,21-22,27-28H,10,20H2,1,3-9H3,(H,33,36)(H,34,38). The number of terminal acetylenes is 1. The van der Waals surface area contributed by atoms with E-state index in [0.717, 1.165) is 0 Å². The van der Waals surface area contributed by atoms with Gasteiger partial charge in [-0.25, -0.2) is 4.79 Å². The van der Waals surface area contributed by atoms with Gasteiger partial charge >= 0.3 is 6.09 Å². The van der Waals surface area contributed by atoms with E-state index in [1.807, 2.05) is 27.7 Å². The molecule has 0 aliphatic heterocycles. The number of hydrogen-bond donors (Lipinski definition) is 2. The number of amides is 3. The average Bonchev–Trinajstić information content (AvgIpc) is 2.89. The molecule has 0 aliphatic rings. The highest BCUT2D eigenvalue weighted by Crippen LogP contribution is 2.29. The topological polar surface area (TPSA) is 97.0 Å². The number of rotatable bonds is 11. The van der Waals surface area contributed by atoms with Crippen LogP contribution in [0.1, 0.15) is 78.5 Å². The Kier molecular flexibility index (Phi) is 11.6. The maximum absolute atomic E-state index is 14.3. The van der Waals surface area contributed by atoms with Gasteiger partial charge in [-0.05, 0) is 88.4 Å². The van der Waals surface area contributed by atoms with Crippen molar-refractivity contribution in [2.45, 2.75) is 85.0 Å². The van der Waals surface area contributed by atoms with Crippen LogP contribution >= 0.6 is 0 Å². The Labute approximate surface area is 238 Å². The van der Waals surface area contributed by atoms with Gasteiger partial charge in [-0.1, -0.05) is 38.8 Å². The Bertz CT molecular complexity index is 1180. The SMILES string of the molecule is C#Cc1ccc(C(C(=O)Nc2ccc(OC)cc2)N(C(=O)C(CC(C)C)NC(=O)OC(C)(C)C)C(C)CC)cc1. The molecule has 2 aromatic rings. The molecule has 0 spiro atoms. The van der Waals surface area contributed by atoms with Crippen LogP contribution in [0.2, 0.25) is 0 Å². The molecule has 0 aromatic heterocycles. The van der Waals surface area contributed by atoms with Crippen LogP contribution in [0.5, 0.6) is 5.75 Å². The molecule has 3 atom stereocenters. The number of hydrogen-bond acceptors (Lipinski definition) is 5. The van der Waals surface area contributed by atoms with E-state index in [0.29, 0.717) is 35.4 Å². The van der Waals surface area contributed by atoms with E-state index in [2.05, 4.69) is 16.6 Å². The summed E-state index contributed by atoms with van der Waals surface area (Å²) < 4.78 is 10.7. The molecule has 2 rings (SSSR count). The minimum atomic E-state index is -0.994. The number of carbonyl (C=O) groups excluding carboxylic acids is 3. The smallest absolute Gasteiger partial charge is 0.408 e. The highest BCUT2D eigenvalue weighted by Gasteiger charge is 2.38. The molecule has 3 unspecified atom stereocenters. The molecule has 8 nitrogen and oxygen atoms in total. The number of ether oxygens (including phenoxy) is 2. The maximum atomic E-state index is 14.3. The number of methoxy groups -OCH3 is 1. The fourth-order valence-electron chi connectivity index (χ4n) is 4.20. The lowest BCUT2D eigenvalue weighted by Crippen LogP contribution is -2.55. The minimum absolute atomic E-state index is 0.0872. The molecule has 216 valence electrons. The van der Waals surface area contributed by atoms with Crippen LogP contribution in [0.25, 0.3) is 0 Å². The fraction of sp³-hybridized carbons (Fsp3) is 0.469. The highest BCUT2D eigenvalue weighted by atomic mass is 16.6. The van der Waals surface area contributed by atoms with Gasteiger partial charge in [-0.2, -0.15) is 0 Å². The van der Waals surface area contributed by atoms with Gasteiger partial charge in [0.2, 0.25) is 5.91 Å². The van der Waals surface area contributed by atoms with Gasteiger partial charge < -0.3 is 25.0 Å². The van der Waals surface area contributed by atoms with Gasteiger partial charge in [0.05, 0.1) is 7.11 Å². The molecule has 3 amide bonds. The van der Waals surface area contributed by atoms with Gasteiger partial charge in [0, 0.05) is 17.3 Å². The van der Waals surface area contributed by atoms with Crippen molar-refractivity contribution in [2.75, 3.05) is 12.4 Å².